The van der Waals surface area contributed by atoms with Crippen LogP contribution < -0.4 is 19.3 Å². The summed E-state index contributed by atoms with van der Waals surface area (Å²) < 4.78 is 10.2. The molecule has 0 bridgehead atoms. The summed E-state index contributed by atoms with van der Waals surface area (Å²) in [6, 6.07) is 13.3. The number of carbonyl (C=O) groups is 3. The fourth-order valence-electron chi connectivity index (χ4n) is 3.02. The van der Waals surface area contributed by atoms with Crippen molar-refractivity contribution in [2.45, 2.75) is 6.54 Å². The Morgan fingerprint density at radius 3 is 1.89 bits per heavy atom. The Bertz CT molecular complexity index is 880. The van der Waals surface area contributed by atoms with Crippen LogP contribution in [0.25, 0.3) is 0 Å². The SMILES string of the molecule is COc1ccc(C[NH+](C)CN2C(=O)C(=O)N(c3ccc(OC)cc3)C2=O)cc1. The molecular weight excluding hydrogens is 362 g/mol. The first-order chi connectivity index (χ1) is 13.4. The van der Waals surface area contributed by atoms with Crippen LogP contribution in [-0.4, -0.2) is 50.7 Å². The predicted molar refractivity (Wildman–Crippen MR) is 101 cm³/mol. The van der Waals surface area contributed by atoms with Gasteiger partial charge < -0.3 is 14.4 Å². The van der Waals surface area contributed by atoms with E-state index in [2.05, 4.69) is 0 Å². The first kappa shape index (κ1) is 19.4. The van der Waals surface area contributed by atoms with E-state index in [1.165, 1.54) is 7.11 Å². The summed E-state index contributed by atoms with van der Waals surface area (Å²) in [4.78, 5) is 40.2. The second-order valence-corrected chi connectivity index (χ2v) is 6.49. The molecule has 2 aromatic carbocycles. The molecule has 8 nitrogen and oxygen atoms in total. The van der Waals surface area contributed by atoms with Gasteiger partial charge in [0.1, 0.15) is 18.0 Å². The standard InChI is InChI=1S/C20H21N3O5/c1-21(12-14-4-8-16(27-2)9-5-14)13-22-18(24)19(25)23(20(22)26)15-6-10-17(28-3)11-7-15/h4-11H,12-13H2,1-3H3/p+1. The third kappa shape index (κ3) is 3.81. The van der Waals surface area contributed by atoms with E-state index >= 15 is 0 Å². The van der Waals surface area contributed by atoms with Crippen molar-refractivity contribution in [3.63, 3.8) is 0 Å². The van der Waals surface area contributed by atoms with Crippen molar-refractivity contribution < 1.29 is 28.8 Å². The van der Waals surface area contributed by atoms with Crippen molar-refractivity contribution in [2.75, 3.05) is 32.8 Å². The highest BCUT2D eigenvalue weighted by molar-refractivity contribution is 6.52. The molecule has 1 atom stereocenters. The Labute approximate surface area is 162 Å². The molecule has 1 aliphatic rings. The van der Waals surface area contributed by atoms with Gasteiger partial charge in [-0.25, -0.2) is 14.6 Å². The number of benzene rings is 2. The minimum atomic E-state index is -0.854. The first-order valence-electron chi connectivity index (χ1n) is 8.72. The number of hydrogen-bond donors (Lipinski definition) is 1. The molecule has 1 saturated heterocycles. The van der Waals surface area contributed by atoms with Gasteiger partial charge >= 0.3 is 17.8 Å². The van der Waals surface area contributed by atoms with Gasteiger partial charge in [0, 0.05) is 5.56 Å². The van der Waals surface area contributed by atoms with Crippen LogP contribution >= 0.6 is 0 Å². The van der Waals surface area contributed by atoms with Crippen LogP contribution in [0.2, 0.25) is 0 Å². The van der Waals surface area contributed by atoms with Crippen LogP contribution in [0.15, 0.2) is 48.5 Å². The second-order valence-electron chi connectivity index (χ2n) is 6.49. The Balaban J connectivity index is 1.70. The van der Waals surface area contributed by atoms with Crippen LogP contribution in [0.1, 0.15) is 5.56 Å². The van der Waals surface area contributed by atoms with Crippen molar-refractivity contribution in [1.29, 1.82) is 0 Å². The van der Waals surface area contributed by atoms with Crippen LogP contribution in [0.5, 0.6) is 11.5 Å². The van der Waals surface area contributed by atoms with Gasteiger partial charge in [-0.05, 0) is 48.5 Å². The van der Waals surface area contributed by atoms with Crippen LogP contribution in [0.3, 0.4) is 0 Å². The highest BCUT2D eigenvalue weighted by atomic mass is 16.5. The summed E-state index contributed by atoms with van der Waals surface area (Å²) in [5.74, 6) is -0.330. The van der Waals surface area contributed by atoms with Crippen molar-refractivity contribution in [3.8, 4) is 11.5 Å². The lowest BCUT2D eigenvalue weighted by Gasteiger charge is -2.20. The number of methoxy groups -OCH3 is 2. The summed E-state index contributed by atoms with van der Waals surface area (Å²) in [6.45, 7) is 0.667. The predicted octanol–water partition coefficient (Wildman–Crippen LogP) is 0.671. The minimum absolute atomic E-state index is 0.0854. The van der Waals surface area contributed by atoms with E-state index in [9.17, 15) is 14.4 Å². The summed E-state index contributed by atoms with van der Waals surface area (Å²) in [7, 11) is 4.97. The van der Waals surface area contributed by atoms with Gasteiger partial charge in [0.05, 0.1) is 27.0 Å². The molecule has 0 aromatic heterocycles. The number of urea groups is 1. The van der Waals surface area contributed by atoms with E-state index in [0.29, 0.717) is 18.0 Å². The Kier molecular flexibility index (Phi) is 5.60. The number of rotatable bonds is 7. The number of amides is 4. The van der Waals surface area contributed by atoms with E-state index in [0.717, 1.165) is 26.0 Å². The average Bonchev–Trinajstić information content (AvgIpc) is 2.92. The zero-order valence-corrected chi connectivity index (χ0v) is 16.0. The molecule has 0 radical (unpaired) electrons. The molecular formula is C20H22N3O5+. The lowest BCUT2D eigenvalue weighted by atomic mass is 10.2. The molecule has 1 unspecified atom stereocenters. The zero-order chi connectivity index (χ0) is 20.3. The lowest BCUT2D eigenvalue weighted by Crippen LogP contribution is -3.09. The van der Waals surface area contributed by atoms with Crippen molar-refractivity contribution in [2.24, 2.45) is 0 Å². The molecule has 0 aliphatic carbocycles. The smallest absolute Gasteiger partial charge is 0.343 e. The lowest BCUT2D eigenvalue weighted by molar-refractivity contribution is -0.901. The van der Waals surface area contributed by atoms with Gasteiger partial charge in [-0.2, -0.15) is 0 Å². The molecule has 3 rings (SSSR count). The van der Waals surface area contributed by atoms with E-state index in [-0.39, 0.29) is 6.67 Å². The summed E-state index contributed by atoms with van der Waals surface area (Å²) in [5.41, 5.74) is 1.36. The molecule has 28 heavy (non-hydrogen) atoms. The van der Waals surface area contributed by atoms with Gasteiger partial charge in [0.2, 0.25) is 0 Å². The number of carbonyl (C=O) groups excluding carboxylic acids is 3. The largest absolute Gasteiger partial charge is 0.497 e. The van der Waals surface area contributed by atoms with Crippen molar-refractivity contribution >= 4 is 23.5 Å². The molecule has 0 spiro atoms. The maximum Gasteiger partial charge on any atom is 0.343 e. The van der Waals surface area contributed by atoms with Gasteiger partial charge in [-0.3, -0.25) is 9.59 Å². The van der Waals surface area contributed by atoms with Crippen molar-refractivity contribution in [1.82, 2.24) is 4.90 Å². The molecule has 8 heteroatoms. The molecule has 2 aromatic rings. The molecule has 1 N–H and O–H groups in total. The first-order valence-corrected chi connectivity index (χ1v) is 8.72. The quantitative estimate of drug-likeness (QED) is 0.561. The fourth-order valence-corrected chi connectivity index (χ4v) is 3.02. The van der Waals surface area contributed by atoms with E-state index in [4.69, 9.17) is 9.47 Å². The number of hydrogen-bond acceptors (Lipinski definition) is 5. The number of ether oxygens (including phenoxy) is 2. The summed E-state index contributed by atoms with van der Waals surface area (Å²) in [5, 5.41) is 0. The molecule has 1 heterocycles. The maximum atomic E-state index is 12.7. The number of nitrogens with one attached hydrogen (secondary N) is 1. The maximum absolute atomic E-state index is 12.7. The highest BCUT2D eigenvalue weighted by Gasteiger charge is 2.46. The van der Waals surface area contributed by atoms with Gasteiger partial charge in [-0.15, -0.1) is 0 Å². The molecule has 4 amide bonds. The molecule has 146 valence electrons. The molecule has 1 aliphatic heterocycles. The third-order valence-corrected chi connectivity index (χ3v) is 4.48. The fraction of sp³-hybridized carbons (Fsp3) is 0.250. The molecule has 0 saturated carbocycles. The highest BCUT2D eigenvalue weighted by Crippen LogP contribution is 2.24. The van der Waals surface area contributed by atoms with E-state index in [1.54, 1.807) is 31.4 Å². The number of nitrogens with zero attached hydrogens (tertiary/aromatic N) is 2. The van der Waals surface area contributed by atoms with Gasteiger partial charge in [-0.1, -0.05) is 0 Å². The van der Waals surface area contributed by atoms with E-state index in [1.807, 2.05) is 31.3 Å². The molecule has 1 fully saturated rings. The van der Waals surface area contributed by atoms with Crippen molar-refractivity contribution in [3.05, 3.63) is 54.1 Å². The average molecular weight is 384 g/mol. The number of imide groups is 2. The van der Waals surface area contributed by atoms with Gasteiger partial charge in [0.15, 0.2) is 6.67 Å². The van der Waals surface area contributed by atoms with Crippen LogP contribution in [0, 0.1) is 0 Å². The minimum Gasteiger partial charge on any atom is -0.497 e. The Hall–Kier alpha value is -3.39. The summed E-state index contributed by atoms with van der Waals surface area (Å²) in [6.07, 6.45) is 0. The number of anilines is 1. The topological polar surface area (TPSA) is 80.6 Å². The Morgan fingerprint density at radius 1 is 0.821 bits per heavy atom. The third-order valence-electron chi connectivity index (χ3n) is 4.48. The van der Waals surface area contributed by atoms with Crippen LogP contribution in [-0.2, 0) is 16.1 Å². The Morgan fingerprint density at radius 2 is 1.36 bits per heavy atom. The van der Waals surface area contributed by atoms with Crippen LogP contribution in [0.4, 0.5) is 10.5 Å². The summed E-state index contributed by atoms with van der Waals surface area (Å²) >= 11 is 0. The number of quaternary nitrogens is 1. The normalized spacial score (nSPS) is 15.2. The van der Waals surface area contributed by atoms with Gasteiger partial charge in [0.25, 0.3) is 0 Å². The van der Waals surface area contributed by atoms with E-state index < -0.39 is 17.8 Å². The second kappa shape index (κ2) is 8.10. The zero-order valence-electron chi connectivity index (χ0n) is 16.0. The monoisotopic (exact) mass is 384 g/mol.